The van der Waals surface area contributed by atoms with Gasteiger partial charge in [0.15, 0.2) is 0 Å². The molecule has 0 saturated carbocycles. The van der Waals surface area contributed by atoms with Crippen LogP contribution in [0.4, 0.5) is 0 Å². The van der Waals surface area contributed by atoms with Crippen molar-refractivity contribution >= 4 is 23.5 Å². The molecule has 5 nitrogen and oxygen atoms in total. The van der Waals surface area contributed by atoms with Crippen LogP contribution in [-0.4, -0.2) is 42.1 Å². The van der Waals surface area contributed by atoms with Crippen molar-refractivity contribution in [3.8, 4) is 5.75 Å². The molecule has 1 atom stereocenters. The van der Waals surface area contributed by atoms with Gasteiger partial charge in [-0.15, -0.1) is 0 Å². The molecule has 23 heavy (non-hydrogen) atoms. The second-order valence-electron chi connectivity index (χ2n) is 5.91. The first-order valence-electron chi connectivity index (χ1n) is 7.81. The van der Waals surface area contributed by atoms with Gasteiger partial charge >= 0.3 is 5.97 Å². The van der Waals surface area contributed by atoms with Crippen LogP contribution >= 0.6 is 11.6 Å². The van der Waals surface area contributed by atoms with Crippen molar-refractivity contribution in [3.63, 3.8) is 0 Å². The number of ether oxygens (including phenoxy) is 1. The quantitative estimate of drug-likeness (QED) is 0.865. The summed E-state index contributed by atoms with van der Waals surface area (Å²) in [6.45, 7) is 1.37. The average molecular weight is 340 g/mol. The zero-order valence-corrected chi connectivity index (χ0v) is 14.0. The smallest absolute Gasteiger partial charge is 0.303 e. The minimum atomic E-state index is -0.779. The fraction of sp³-hybridized carbons (Fsp3) is 0.529. The number of carboxylic acid groups (broad SMARTS) is 1. The molecular formula is C17H22ClNO4. The Labute approximate surface area is 141 Å². The Kier molecular flexibility index (Phi) is 6.28. The van der Waals surface area contributed by atoms with E-state index in [2.05, 4.69) is 0 Å². The van der Waals surface area contributed by atoms with Crippen LogP contribution < -0.4 is 4.74 Å². The largest absolute Gasteiger partial charge is 0.497 e. The van der Waals surface area contributed by atoms with Gasteiger partial charge in [0.25, 0.3) is 0 Å². The van der Waals surface area contributed by atoms with Crippen LogP contribution in [0.5, 0.6) is 5.75 Å². The fourth-order valence-electron chi connectivity index (χ4n) is 2.93. The normalized spacial score (nSPS) is 17.8. The zero-order chi connectivity index (χ0) is 16.8. The van der Waals surface area contributed by atoms with E-state index in [1.54, 1.807) is 19.2 Å². The summed E-state index contributed by atoms with van der Waals surface area (Å²) in [5.74, 6) is 0.198. The number of hydrogen-bond acceptors (Lipinski definition) is 3. The van der Waals surface area contributed by atoms with E-state index in [0.717, 1.165) is 24.9 Å². The van der Waals surface area contributed by atoms with E-state index in [-0.39, 0.29) is 24.7 Å². The molecule has 1 heterocycles. The van der Waals surface area contributed by atoms with Crippen molar-refractivity contribution in [3.05, 3.63) is 28.8 Å². The molecule has 1 aliphatic rings. The Balaban J connectivity index is 1.93. The molecule has 0 spiro atoms. The van der Waals surface area contributed by atoms with Crippen molar-refractivity contribution in [1.29, 1.82) is 0 Å². The minimum Gasteiger partial charge on any atom is -0.497 e. The van der Waals surface area contributed by atoms with Crippen LogP contribution in [0, 0.1) is 5.92 Å². The number of carboxylic acids is 1. The molecule has 1 N–H and O–H groups in total. The Morgan fingerprint density at radius 3 is 2.87 bits per heavy atom. The summed E-state index contributed by atoms with van der Waals surface area (Å²) in [4.78, 5) is 25.0. The number of methoxy groups -OCH3 is 1. The maximum absolute atomic E-state index is 12.5. The summed E-state index contributed by atoms with van der Waals surface area (Å²) < 4.78 is 5.10. The lowest BCUT2D eigenvalue weighted by molar-refractivity contribution is -0.137. The summed E-state index contributed by atoms with van der Waals surface area (Å²) >= 11 is 6.19. The summed E-state index contributed by atoms with van der Waals surface area (Å²) in [5, 5.41) is 9.31. The average Bonchev–Trinajstić information content (AvgIpc) is 2.55. The van der Waals surface area contributed by atoms with Gasteiger partial charge in [-0.2, -0.15) is 0 Å². The van der Waals surface area contributed by atoms with Crippen LogP contribution in [0.2, 0.25) is 5.02 Å². The molecule has 1 amide bonds. The maximum atomic E-state index is 12.5. The lowest BCUT2D eigenvalue weighted by atomic mass is 9.93. The van der Waals surface area contributed by atoms with Gasteiger partial charge in [-0.25, -0.2) is 0 Å². The van der Waals surface area contributed by atoms with E-state index in [0.29, 0.717) is 23.7 Å². The third-order valence-corrected chi connectivity index (χ3v) is 4.59. The predicted molar refractivity (Wildman–Crippen MR) is 87.9 cm³/mol. The van der Waals surface area contributed by atoms with Crippen LogP contribution in [-0.2, 0) is 16.0 Å². The molecule has 0 radical (unpaired) electrons. The lowest BCUT2D eigenvalue weighted by Gasteiger charge is -2.32. The third-order valence-electron chi connectivity index (χ3n) is 4.24. The van der Waals surface area contributed by atoms with Gasteiger partial charge in [0.05, 0.1) is 13.5 Å². The molecule has 0 bridgehead atoms. The second-order valence-corrected chi connectivity index (χ2v) is 6.32. The molecule has 0 unspecified atom stereocenters. The standard InChI is InChI=1S/C17H22ClNO4/c1-23-14-6-5-13(15(18)10-14)9-16(20)19-8-2-3-12(11-19)4-7-17(21)22/h5-6,10,12H,2-4,7-9,11H2,1H3,(H,21,22)/t12-/m0/s1. The molecule has 1 aromatic rings. The van der Waals surface area contributed by atoms with Crippen molar-refractivity contribution in [2.24, 2.45) is 5.92 Å². The van der Waals surface area contributed by atoms with Gasteiger partial charge in [0.1, 0.15) is 5.75 Å². The molecule has 126 valence electrons. The first-order valence-corrected chi connectivity index (χ1v) is 8.19. The number of nitrogens with zero attached hydrogens (tertiary/aromatic N) is 1. The van der Waals surface area contributed by atoms with Gasteiger partial charge in [-0.05, 0) is 42.9 Å². The third kappa shape index (κ3) is 5.13. The second kappa shape index (κ2) is 8.20. The van der Waals surface area contributed by atoms with E-state index < -0.39 is 5.97 Å². The van der Waals surface area contributed by atoms with Gasteiger partial charge < -0.3 is 14.7 Å². The Bertz CT molecular complexity index is 576. The van der Waals surface area contributed by atoms with E-state index in [9.17, 15) is 9.59 Å². The number of rotatable bonds is 6. The topological polar surface area (TPSA) is 66.8 Å². The van der Waals surface area contributed by atoms with Crippen LogP contribution in [0.3, 0.4) is 0 Å². The number of piperidine rings is 1. The van der Waals surface area contributed by atoms with Gasteiger partial charge in [0, 0.05) is 24.5 Å². The van der Waals surface area contributed by atoms with Gasteiger partial charge in [-0.3, -0.25) is 9.59 Å². The molecule has 1 fully saturated rings. The Hall–Kier alpha value is -1.75. The number of amides is 1. The summed E-state index contributed by atoms with van der Waals surface area (Å²) in [7, 11) is 1.57. The molecule has 6 heteroatoms. The zero-order valence-electron chi connectivity index (χ0n) is 13.3. The van der Waals surface area contributed by atoms with Crippen molar-refractivity contribution in [2.45, 2.75) is 32.1 Å². The number of aliphatic carboxylic acids is 1. The first-order chi connectivity index (χ1) is 11.0. The highest BCUT2D eigenvalue weighted by atomic mass is 35.5. The summed E-state index contributed by atoms with van der Waals surface area (Å²) in [5.41, 5.74) is 0.783. The van der Waals surface area contributed by atoms with E-state index in [1.165, 1.54) is 0 Å². The molecule has 1 aliphatic heterocycles. The fourth-order valence-corrected chi connectivity index (χ4v) is 3.17. The molecule has 1 saturated heterocycles. The lowest BCUT2D eigenvalue weighted by Crippen LogP contribution is -2.40. The first kappa shape index (κ1) is 17.6. The number of hydrogen-bond donors (Lipinski definition) is 1. The number of carbonyl (C=O) groups is 2. The van der Waals surface area contributed by atoms with Crippen molar-refractivity contribution < 1.29 is 19.4 Å². The molecule has 0 aromatic heterocycles. The Morgan fingerprint density at radius 2 is 2.22 bits per heavy atom. The maximum Gasteiger partial charge on any atom is 0.303 e. The molecule has 1 aromatic carbocycles. The SMILES string of the molecule is COc1ccc(CC(=O)N2CCC[C@@H](CCC(=O)O)C2)c(Cl)c1. The van der Waals surface area contributed by atoms with Gasteiger partial charge in [-0.1, -0.05) is 17.7 Å². The molecule has 0 aliphatic carbocycles. The highest BCUT2D eigenvalue weighted by Crippen LogP contribution is 2.25. The summed E-state index contributed by atoms with van der Waals surface area (Å²) in [6.07, 6.45) is 2.96. The summed E-state index contributed by atoms with van der Waals surface area (Å²) in [6, 6.07) is 5.31. The monoisotopic (exact) mass is 339 g/mol. The van der Waals surface area contributed by atoms with E-state index in [4.69, 9.17) is 21.4 Å². The number of likely N-dealkylation sites (tertiary alicyclic amines) is 1. The highest BCUT2D eigenvalue weighted by molar-refractivity contribution is 6.31. The van der Waals surface area contributed by atoms with Crippen LogP contribution in [0.1, 0.15) is 31.2 Å². The predicted octanol–water partition coefficient (Wildman–Crippen LogP) is 2.99. The van der Waals surface area contributed by atoms with Crippen molar-refractivity contribution in [1.82, 2.24) is 4.90 Å². The van der Waals surface area contributed by atoms with Crippen molar-refractivity contribution in [2.75, 3.05) is 20.2 Å². The molecular weight excluding hydrogens is 318 g/mol. The molecule has 2 rings (SSSR count). The number of benzene rings is 1. The van der Waals surface area contributed by atoms with E-state index in [1.807, 2.05) is 11.0 Å². The van der Waals surface area contributed by atoms with Crippen LogP contribution in [0.25, 0.3) is 0 Å². The van der Waals surface area contributed by atoms with E-state index >= 15 is 0 Å². The number of halogens is 1. The van der Waals surface area contributed by atoms with Gasteiger partial charge in [0.2, 0.25) is 5.91 Å². The minimum absolute atomic E-state index is 0.0390. The number of carbonyl (C=O) groups excluding carboxylic acids is 1. The highest BCUT2D eigenvalue weighted by Gasteiger charge is 2.24. The Morgan fingerprint density at radius 1 is 1.43 bits per heavy atom. The van der Waals surface area contributed by atoms with Crippen LogP contribution in [0.15, 0.2) is 18.2 Å².